The summed E-state index contributed by atoms with van der Waals surface area (Å²) in [6.45, 7) is 11.8. The van der Waals surface area contributed by atoms with E-state index in [-0.39, 0.29) is 29.5 Å². The van der Waals surface area contributed by atoms with Crippen LogP contribution in [0.2, 0.25) is 0 Å². The number of nitrogens with one attached hydrogen (secondary N) is 2. The van der Waals surface area contributed by atoms with Gasteiger partial charge in [-0.3, -0.25) is 9.89 Å². The van der Waals surface area contributed by atoms with Crippen LogP contribution >= 0.6 is 24.0 Å². The molecule has 2 unspecified atom stereocenters. The summed E-state index contributed by atoms with van der Waals surface area (Å²) in [7, 11) is 1.86. The second-order valence-electron chi connectivity index (χ2n) is 7.53. The number of aliphatic imine (C=N–C) groups is 1. The second-order valence-corrected chi connectivity index (χ2v) is 7.53. The van der Waals surface area contributed by atoms with Crippen molar-refractivity contribution in [2.24, 2.45) is 4.99 Å². The second kappa shape index (κ2) is 9.42. The minimum atomic E-state index is 0. The molecule has 136 valence electrons. The summed E-state index contributed by atoms with van der Waals surface area (Å²) in [4.78, 5) is 6.91. The fourth-order valence-corrected chi connectivity index (χ4v) is 3.54. The first-order chi connectivity index (χ1) is 10.4. The Morgan fingerprint density at radius 2 is 1.74 bits per heavy atom. The molecular formula is C17H35IN4O. The molecule has 1 saturated carbocycles. The summed E-state index contributed by atoms with van der Waals surface area (Å²) in [5.41, 5.74) is 0.0829. The molecule has 1 saturated heterocycles. The number of halogens is 1. The van der Waals surface area contributed by atoms with Crippen molar-refractivity contribution in [3.8, 4) is 0 Å². The van der Waals surface area contributed by atoms with E-state index in [4.69, 9.17) is 4.74 Å². The fraction of sp³-hybridized carbons (Fsp3) is 0.941. The van der Waals surface area contributed by atoms with Gasteiger partial charge < -0.3 is 15.4 Å². The smallest absolute Gasteiger partial charge is 0.191 e. The molecule has 0 aromatic carbocycles. The Kier molecular flexibility index (Phi) is 8.58. The van der Waals surface area contributed by atoms with Gasteiger partial charge >= 0.3 is 0 Å². The van der Waals surface area contributed by atoms with Gasteiger partial charge in [-0.2, -0.15) is 0 Å². The van der Waals surface area contributed by atoms with Gasteiger partial charge in [-0.25, -0.2) is 0 Å². The van der Waals surface area contributed by atoms with Crippen molar-refractivity contribution in [3.63, 3.8) is 0 Å². The maximum absolute atomic E-state index is 5.85. The molecule has 0 amide bonds. The molecule has 1 aliphatic heterocycles. The van der Waals surface area contributed by atoms with Gasteiger partial charge in [-0.05, 0) is 40.5 Å². The van der Waals surface area contributed by atoms with E-state index in [9.17, 15) is 0 Å². The molecule has 2 N–H and O–H groups in total. The molecular weight excluding hydrogens is 403 g/mol. The molecule has 2 rings (SSSR count). The van der Waals surface area contributed by atoms with E-state index in [2.05, 4.69) is 48.2 Å². The third-order valence-electron chi connectivity index (χ3n) is 4.88. The summed E-state index contributed by atoms with van der Waals surface area (Å²) < 4.78 is 5.85. The number of morpholine rings is 1. The number of rotatable bonds is 4. The molecule has 2 fully saturated rings. The van der Waals surface area contributed by atoms with Crippen LogP contribution < -0.4 is 10.6 Å². The molecule has 0 spiro atoms. The van der Waals surface area contributed by atoms with Crippen LogP contribution in [-0.4, -0.2) is 61.3 Å². The van der Waals surface area contributed by atoms with Crippen molar-refractivity contribution in [3.05, 3.63) is 0 Å². The molecule has 0 bridgehead atoms. The van der Waals surface area contributed by atoms with Gasteiger partial charge in [0.1, 0.15) is 0 Å². The lowest BCUT2D eigenvalue weighted by Gasteiger charge is -2.45. The highest BCUT2D eigenvalue weighted by Gasteiger charge is 2.33. The lowest BCUT2D eigenvalue weighted by molar-refractivity contribution is -0.0946. The van der Waals surface area contributed by atoms with Crippen LogP contribution in [-0.2, 0) is 4.74 Å². The van der Waals surface area contributed by atoms with Crippen molar-refractivity contribution in [1.29, 1.82) is 0 Å². The topological polar surface area (TPSA) is 48.9 Å². The quantitative estimate of drug-likeness (QED) is 0.403. The number of nitrogens with zero attached hydrogens (tertiary/aromatic N) is 2. The lowest BCUT2D eigenvalue weighted by atomic mass is 10.00. The molecule has 0 radical (unpaired) electrons. The van der Waals surface area contributed by atoms with Crippen LogP contribution in [0.5, 0.6) is 0 Å². The Morgan fingerprint density at radius 1 is 1.17 bits per heavy atom. The molecule has 2 atom stereocenters. The zero-order valence-electron chi connectivity index (χ0n) is 15.4. The van der Waals surface area contributed by atoms with E-state index < -0.39 is 0 Å². The van der Waals surface area contributed by atoms with Crippen LogP contribution in [0.3, 0.4) is 0 Å². The monoisotopic (exact) mass is 438 g/mol. The average molecular weight is 438 g/mol. The standard InChI is InChI=1S/C17H34N4O.HI/c1-13-10-21(11-14(2)22-13)17(3,4)12-19-16(18-5)20-15-8-6-7-9-15;/h13-15H,6-12H2,1-5H3,(H2,18,19,20);1H. The van der Waals surface area contributed by atoms with Crippen molar-refractivity contribution in [2.75, 3.05) is 26.7 Å². The van der Waals surface area contributed by atoms with Crippen LogP contribution in [0.4, 0.5) is 0 Å². The average Bonchev–Trinajstić information content (AvgIpc) is 2.95. The van der Waals surface area contributed by atoms with E-state index in [1.165, 1.54) is 25.7 Å². The van der Waals surface area contributed by atoms with Gasteiger partial charge in [0, 0.05) is 38.3 Å². The van der Waals surface area contributed by atoms with Crippen LogP contribution in [0.1, 0.15) is 53.4 Å². The first-order valence-corrected chi connectivity index (χ1v) is 8.78. The minimum absolute atomic E-state index is 0. The van der Waals surface area contributed by atoms with Gasteiger partial charge in [0.05, 0.1) is 12.2 Å². The molecule has 0 aromatic heterocycles. The Hall–Kier alpha value is -0.0800. The molecule has 1 heterocycles. The Morgan fingerprint density at radius 3 is 2.26 bits per heavy atom. The Bertz CT molecular complexity index is 373. The minimum Gasteiger partial charge on any atom is -0.373 e. The summed E-state index contributed by atoms with van der Waals surface area (Å²) in [5, 5.41) is 7.07. The number of hydrogen-bond donors (Lipinski definition) is 2. The van der Waals surface area contributed by atoms with E-state index in [1.807, 2.05) is 7.05 Å². The normalized spacial score (nSPS) is 27.6. The van der Waals surface area contributed by atoms with Gasteiger partial charge in [0.15, 0.2) is 5.96 Å². The fourth-order valence-electron chi connectivity index (χ4n) is 3.54. The highest BCUT2D eigenvalue weighted by Crippen LogP contribution is 2.21. The first-order valence-electron chi connectivity index (χ1n) is 8.78. The van der Waals surface area contributed by atoms with Crippen molar-refractivity contribution < 1.29 is 4.74 Å². The predicted molar refractivity (Wildman–Crippen MR) is 108 cm³/mol. The number of guanidine groups is 1. The van der Waals surface area contributed by atoms with E-state index in [1.54, 1.807) is 0 Å². The van der Waals surface area contributed by atoms with Gasteiger partial charge in [-0.1, -0.05) is 12.8 Å². The molecule has 5 nitrogen and oxygen atoms in total. The summed E-state index contributed by atoms with van der Waals surface area (Å²) in [6, 6.07) is 0.595. The third-order valence-corrected chi connectivity index (χ3v) is 4.88. The van der Waals surface area contributed by atoms with Crippen LogP contribution in [0, 0.1) is 0 Å². The van der Waals surface area contributed by atoms with E-state index >= 15 is 0 Å². The predicted octanol–water partition coefficient (Wildman–Crippen LogP) is 2.60. The van der Waals surface area contributed by atoms with E-state index in [0.717, 1.165) is 25.6 Å². The first kappa shape index (κ1) is 21.0. The highest BCUT2D eigenvalue weighted by atomic mass is 127. The molecule has 6 heteroatoms. The highest BCUT2D eigenvalue weighted by molar-refractivity contribution is 14.0. The van der Waals surface area contributed by atoms with E-state index in [0.29, 0.717) is 18.2 Å². The summed E-state index contributed by atoms with van der Waals surface area (Å²) in [5.74, 6) is 0.939. The molecule has 0 aromatic rings. The maximum atomic E-state index is 5.85. The SMILES string of the molecule is CN=C(NCC(C)(C)N1CC(C)OC(C)C1)NC1CCCC1.I. The van der Waals surface area contributed by atoms with Crippen molar-refractivity contribution in [1.82, 2.24) is 15.5 Å². The van der Waals surface area contributed by atoms with Crippen molar-refractivity contribution >= 4 is 29.9 Å². The summed E-state index contributed by atoms with van der Waals surface area (Å²) in [6.07, 6.45) is 5.82. The third kappa shape index (κ3) is 6.38. The zero-order chi connectivity index (χ0) is 16.2. The largest absolute Gasteiger partial charge is 0.373 e. The molecule has 23 heavy (non-hydrogen) atoms. The zero-order valence-corrected chi connectivity index (χ0v) is 17.7. The molecule has 1 aliphatic carbocycles. The van der Waals surface area contributed by atoms with Gasteiger partial charge in [-0.15, -0.1) is 24.0 Å². The van der Waals surface area contributed by atoms with Gasteiger partial charge in [0.2, 0.25) is 0 Å². The summed E-state index contributed by atoms with van der Waals surface area (Å²) >= 11 is 0. The van der Waals surface area contributed by atoms with Crippen molar-refractivity contribution in [2.45, 2.75) is 77.2 Å². The number of hydrogen-bond acceptors (Lipinski definition) is 3. The molecule has 2 aliphatic rings. The Balaban J connectivity index is 0.00000264. The van der Waals surface area contributed by atoms with Crippen LogP contribution in [0.25, 0.3) is 0 Å². The Labute approximate surface area is 159 Å². The van der Waals surface area contributed by atoms with Crippen LogP contribution in [0.15, 0.2) is 4.99 Å². The number of ether oxygens (including phenoxy) is 1. The van der Waals surface area contributed by atoms with Gasteiger partial charge in [0.25, 0.3) is 0 Å². The maximum Gasteiger partial charge on any atom is 0.191 e. The lowest BCUT2D eigenvalue weighted by Crippen LogP contribution is -2.59.